The number of nitrogens with one attached hydrogen (secondary N) is 1. The number of hydrogen-bond donors (Lipinski definition) is 2. The molecular weight excluding hydrogens is 354 g/mol. The smallest absolute Gasteiger partial charge is 0.339 e. The second-order valence-electron chi connectivity index (χ2n) is 6.79. The van der Waals surface area contributed by atoms with E-state index in [-0.39, 0.29) is 23.8 Å². The second-order valence-corrected chi connectivity index (χ2v) is 8.08. The first-order valence-corrected chi connectivity index (χ1v) is 9.10. The van der Waals surface area contributed by atoms with Crippen molar-refractivity contribution in [1.29, 1.82) is 0 Å². The number of amides is 2. The number of aromatic carboxylic acids is 1. The Morgan fingerprint density at radius 2 is 2.12 bits per heavy atom. The summed E-state index contributed by atoms with van der Waals surface area (Å²) in [7, 11) is 0. The number of anilines is 1. The van der Waals surface area contributed by atoms with E-state index < -0.39 is 11.4 Å². The number of thiophene rings is 1. The highest BCUT2D eigenvalue weighted by Crippen LogP contribution is 2.40. The summed E-state index contributed by atoms with van der Waals surface area (Å²) in [4.78, 5) is 44.0. The summed E-state index contributed by atoms with van der Waals surface area (Å²) in [6.45, 7) is 2.78. The largest absolute Gasteiger partial charge is 0.478 e. The van der Waals surface area contributed by atoms with Crippen LogP contribution < -0.4 is 10.2 Å². The van der Waals surface area contributed by atoms with Gasteiger partial charge in [0.2, 0.25) is 11.8 Å². The number of hydrogen-bond acceptors (Lipinski definition) is 6. The van der Waals surface area contributed by atoms with E-state index >= 15 is 0 Å². The molecule has 7 nitrogen and oxygen atoms in total. The van der Waals surface area contributed by atoms with Crippen molar-refractivity contribution in [2.45, 2.75) is 19.8 Å². The Labute approximate surface area is 153 Å². The monoisotopic (exact) mass is 371 g/mol. The van der Waals surface area contributed by atoms with Crippen molar-refractivity contribution in [2.75, 3.05) is 18.0 Å². The molecule has 134 valence electrons. The summed E-state index contributed by atoms with van der Waals surface area (Å²) in [6.07, 6.45) is 0.655. The first-order valence-electron chi connectivity index (χ1n) is 8.28. The third kappa shape index (κ3) is 2.66. The first kappa shape index (κ1) is 16.7. The van der Waals surface area contributed by atoms with Crippen molar-refractivity contribution >= 4 is 34.9 Å². The highest BCUT2D eigenvalue weighted by molar-refractivity contribution is 7.15. The first-order chi connectivity index (χ1) is 12.4. The normalized spacial score (nSPS) is 22.3. The van der Waals surface area contributed by atoms with Crippen LogP contribution >= 0.6 is 11.3 Å². The quantitative estimate of drug-likeness (QED) is 0.801. The maximum absolute atomic E-state index is 12.2. The second kappa shape index (κ2) is 5.91. The molecule has 8 heteroatoms. The van der Waals surface area contributed by atoms with Gasteiger partial charge in [0.15, 0.2) is 0 Å². The topological polar surface area (TPSA) is 99.6 Å². The van der Waals surface area contributed by atoms with Gasteiger partial charge in [-0.1, -0.05) is 0 Å². The van der Waals surface area contributed by atoms with Crippen LogP contribution in [0.4, 0.5) is 5.82 Å². The Bertz CT molecular complexity index is 938. The number of rotatable bonds is 3. The molecule has 4 rings (SSSR count). The number of imide groups is 1. The van der Waals surface area contributed by atoms with Crippen molar-refractivity contribution < 1.29 is 19.5 Å². The van der Waals surface area contributed by atoms with Gasteiger partial charge in [0.1, 0.15) is 11.4 Å². The van der Waals surface area contributed by atoms with Gasteiger partial charge in [-0.3, -0.25) is 14.9 Å². The molecule has 26 heavy (non-hydrogen) atoms. The fourth-order valence-electron chi connectivity index (χ4n) is 3.64. The number of carbonyl (C=O) groups is 3. The zero-order valence-corrected chi connectivity index (χ0v) is 14.9. The van der Waals surface area contributed by atoms with Crippen LogP contribution in [-0.2, 0) is 9.59 Å². The molecule has 0 saturated carbocycles. The zero-order valence-electron chi connectivity index (χ0n) is 14.1. The highest BCUT2D eigenvalue weighted by atomic mass is 32.1. The van der Waals surface area contributed by atoms with E-state index in [0.29, 0.717) is 31.0 Å². The van der Waals surface area contributed by atoms with Gasteiger partial charge < -0.3 is 10.0 Å². The molecule has 0 aliphatic carbocycles. The van der Waals surface area contributed by atoms with Gasteiger partial charge in [-0.15, -0.1) is 11.3 Å². The minimum absolute atomic E-state index is 0.101. The number of aromatic nitrogens is 1. The minimum Gasteiger partial charge on any atom is -0.478 e. The average Bonchev–Trinajstić information content (AvgIpc) is 3.28. The van der Waals surface area contributed by atoms with Crippen LogP contribution in [0, 0.1) is 12.3 Å². The Morgan fingerprint density at radius 1 is 1.31 bits per heavy atom. The minimum atomic E-state index is -1.06. The molecule has 2 N–H and O–H groups in total. The van der Waals surface area contributed by atoms with Crippen LogP contribution in [0.1, 0.15) is 28.1 Å². The molecule has 0 bridgehead atoms. The molecule has 4 heterocycles. The third-order valence-corrected chi connectivity index (χ3v) is 6.01. The SMILES string of the molecule is Cc1ccc(-c2ccc(C(=O)O)c(N3CCC4(CC(=O)NC4=O)C3)n2)s1. The Balaban J connectivity index is 1.72. The molecule has 1 unspecified atom stereocenters. The Kier molecular flexibility index (Phi) is 3.80. The van der Waals surface area contributed by atoms with Crippen LogP contribution in [0.2, 0.25) is 0 Å². The van der Waals surface area contributed by atoms with E-state index in [1.54, 1.807) is 23.5 Å². The van der Waals surface area contributed by atoms with Crippen molar-refractivity contribution in [3.63, 3.8) is 0 Å². The number of aryl methyl sites for hydroxylation is 1. The average molecular weight is 371 g/mol. The number of pyridine rings is 1. The molecule has 0 radical (unpaired) electrons. The Morgan fingerprint density at radius 3 is 2.73 bits per heavy atom. The Hall–Kier alpha value is -2.74. The van der Waals surface area contributed by atoms with Gasteiger partial charge in [-0.05, 0) is 37.6 Å². The summed E-state index contributed by atoms with van der Waals surface area (Å²) in [5, 5.41) is 11.9. The fourth-order valence-corrected chi connectivity index (χ4v) is 4.48. The molecule has 2 aliphatic heterocycles. The standard InChI is InChI=1S/C18H17N3O4S/c1-10-2-5-13(26-10)12-4-3-11(16(23)24)15(19-12)21-7-6-18(9-21)8-14(22)20-17(18)25/h2-5H,6-9H2,1H3,(H,23,24)(H,20,22,25). The fraction of sp³-hybridized carbons (Fsp3) is 0.333. The molecular formula is C18H17N3O4S. The lowest BCUT2D eigenvalue weighted by molar-refractivity contribution is -0.128. The van der Waals surface area contributed by atoms with Crippen molar-refractivity contribution in [2.24, 2.45) is 5.41 Å². The molecule has 0 aromatic carbocycles. The van der Waals surface area contributed by atoms with Gasteiger partial charge in [0, 0.05) is 24.4 Å². The summed E-state index contributed by atoms with van der Waals surface area (Å²) in [5.41, 5.74) is 0.0316. The lowest BCUT2D eigenvalue weighted by atomic mass is 9.85. The van der Waals surface area contributed by atoms with Gasteiger partial charge in [0.05, 0.1) is 16.0 Å². The van der Waals surface area contributed by atoms with E-state index in [1.165, 1.54) is 0 Å². The van der Waals surface area contributed by atoms with Gasteiger partial charge >= 0.3 is 5.97 Å². The van der Waals surface area contributed by atoms with E-state index in [4.69, 9.17) is 0 Å². The van der Waals surface area contributed by atoms with Gasteiger partial charge in [-0.2, -0.15) is 0 Å². The summed E-state index contributed by atoms with van der Waals surface area (Å²) in [5.74, 6) is -1.25. The van der Waals surface area contributed by atoms with Crippen molar-refractivity contribution in [3.05, 3.63) is 34.7 Å². The molecule has 2 fully saturated rings. The zero-order chi connectivity index (χ0) is 18.5. The lowest BCUT2D eigenvalue weighted by Crippen LogP contribution is -2.35. The number of carboxylic acids is 1. The van der Waals surface area contributed by atoms with Crippen LogP contribution in [0.25, 0.3) is 10.6 Å². The molecule has 2 aromatic rings. The molecule has 2 aliphatic rings. The molecule has 2 amide bonds. The van der Waals surface area contributed by atoms with Crippen LogP contribution in [-0.4, -0.2) is 41.0 Å². The number of carboxylic acid groups (broad SMARTS) is 1. The molecule has 2 aromatic heterocycles. The van der Waals surface area contributed by atoms with Crippen molar-refractivity contribution in [1.82, 2.24) is 10.3 Å². The molecule has 1 atom stereocenters. The van der Waals surface area contributed by atoms with E-state index in [0.717, 1.165) is 9.75 Å². The van der Waals surface area contributed by atoms with Crippen LogP contribution in [0.15, 0.2) is 24.3 Å². The predicted molar refractivity (Wildman–Crippen MR) is 96.3 cm³/mol. The van der Waals surface area contributed by atoms with Gasteiger partial charge in [-0.25, -0.2) is 9.78 Å². The molecule has 1 spiro atoms. The van der Waals surface area contributed by atoms with Crippen molar-refractivity contribution in [3.8, 4) is 10.6 Å². The summed E-state index contributed by atoms with van der Waals surface area (Å²) < 4.78 is 0. The molecule has 2 saturated heterocycles. The van der Waals surface area contributed by atoms with E-state index in [2.05, 4.69) is 10.3 Å². The third-order valence-electron chi connectivity index (χ3n) is 4.99. The lowest BCUT2D eigenvalue weighted by Gasteiger charge is -2.22. The highest BCUT2D eigenvalue weighted by Gasteiger charge is 2.51. The van der Waals surface area contributed by atoms with Crippen LogP contribution in [0.3, 0.4) is 0 Å². The maximum Gasteiger partial charge on any atom is 0.339 e. The predicted octanol–water partition coefficient (Wildman–Crippen LogP) is 2.06. The maximum atomic E-state index is 12.2. The van der Waals surface area contributed by atoms with Gasteiger partial charge in [0.25, 0.3) is 0 Å². The summed E-state index contributed by atoms with van der Waals surface area (Å²) in [6, 6.07) is 7.21. The number of nitrogens with zero attached hydrogens (tertiary/aromatic N) is 2. The number of carbonyl (C=O) groups excluding carboxylic acids is 2. The van der Waals surface area contributed by atoms with E-state index in [9.17, 15) is 19.5 Å². The van der Waals surface area contributed by atoms with Crippen LogP contribution in [0.5, 0.6) is 0 Å². The van der Waals surface area contributed by atoms with E-state index in [1.807, 2.05) is 24.0 Å². The summed E-state index contributed by atoms with van der Waals surface area (Å²) >= 11 is 1.59.